The van der Waals surface area contributed by atoms with Gasteiger partial charge >= 0.3 is 0 Å². The van der Waals surface area contributed by atoms with Gasteiger partial charge in [-0.25, -0.2) is 15.0 Å². The number of oxazole rings is 1. The summed E-state index contributed by atoms with van der Waals surface area (Å²) in [5, 5.41) is 13.5. The van der Waals surface area contributed by atoms with Crippen LogP contribution in [0.1, 0.15) is 61.7 Å². The third kappa shape index (κ3) is 28.1. The molecule has 0 radical (unpaired) electrons. The minimum atomic E-state index is 0.391. The van der Waals surface area contributed by atoms with E-state index >= 15 is 0 Å². The highest BCUT2D eigenvalue weighted by Crippen LogP contribution is 2.21. The average molecular weight is 1040 g/mol. The van der Waals surface area contributed by atoms with E-state index in [1.54, 1.807) is 82.3 Å². The normalized spacial score (nSPS) is 9.29. The average Bonchev–Trinajstić information content (AvgIpc) is 4.14. The fourth-order valence-corrected chi connectivity index (χ4v) is 5.38. The van der Waals surface area contributed by atoms with Crippen molar-refractivity contribution >= 4 is 58.0 Å². The van der Waals surface area contributed by atoms with E-state index in [0.29, 0.717) is 24.8 Å². The van der Waals surface area contributed by atoms with E-state index in [0.717, 1.165) is 27.7 Å². The van der Waals surface area contributed by atoms with Gasteiger partial charge in [-0.2, -0.15) is 4.73 Å². The molecule has 0 aliphatic rings. The van der Waals surface area contributed by atoms with Crippen molar-refractivity contribution in [2.75, 3.05) is 0 Å². The molecule has 0 amide bonds. The number of rotatable bonds is 0. The van der Waals surface area contributed by atoms with Gasteiger partial charge in [0.15, 0.2) is 18.3 Å². The Hall–Kier alpha value is -6.15. The third-order valence-corrected chi connectivity index (χ3v) is 11.0. The first-order valence-corrected chi connectivity index (χ1v) is 23.0. The number of aromatic amines is 1. The first-order valence-electron chi connectivity index (χ1n) is 21.1. The highest BCUT2D eigenvalue weighted by atomic mass is 35.5. The van der Waals surface area contributed by atoms with Crippen molar-refractivity contribution in [2.24, 2.45) is 7.05 Å². The molecule has 17 heteroatoms. The smallest absolute Gasteiger partial charge is 0.199 e. The van der Waals surface area contributed by atoms with Crippen molar-refractivity contribution in [1.82, 2.24) is 44.4 Å². The van der Waals surface area contributed by atoms with Gasteiger partial charge in [0.2, 0.25) is 0 Å². The van der Waals surface area contributed by atoms with Crippen LogP contribution in [0, 0.1) is 81.4 Å². The summed E-state index contributed by atoms with van der Waals surface area (Å²) in [6.07, 6.45) is 28.6. The summed E-state index contributed by atoms with van der Waals surface area (Å²) in [6.45, 7) is 21.8. The SMILES string of the molecule is Cc1c(Cl)c[n+]([O-])cc1Cl.Cc1c(Cl)cncc1Cl.Cc1cccc(Cl)c1C.Cc1cccnc1.Cc1ccncc1.Cc1cnc[nH]1.Cc1cncc(C)c1C.Cc1ncco1.Cn1ccnc1. The first kappa shape index (κ1) is 60.9. The number of aryl methyl sites for hydroxylation is 8. The standard InChI is InChI=1S/C8H9Cl.C8H11N.C6H5Cl2NO.C6H5Cl2N.2C6H7N.2C4H6N2.C4H5NO/c1-6-4-3-5-8(9)7(6)2;1-6-4-9-5-7(2)8(6)3;1-4-5(7)2-9(10)3-6(4)8;1-4-5(7)2-9-3-6(4)8;1-6-2-4-7-5-3-6;1-6-3-2-4-7-5-6;1-4-2-5-3-6-4;1-6-3-2-5-4-6;1-4-5-2-3-6-4/h3-5H,1-2H3;4-5H,1-3H3;2-3H,1H3;2-3H,1H3;2*2-5H,1H3;2-3H,1H3,(H,5,6);2-4H,1H3;2-3H,1H3. The Morgan fingerprint density at radius 3 is 1.41 bits per heavy atom. The molecule has 0 fully saturated rings. The number of hydrogen-bond acceptors (Lipinski definition) is 9. The van der Waals surface area contributed by atoms with E-state index in [2.05, 4.69) is 73.6 Å². The van der Waals surface area contributed by atoms with E-state index in [4.69, 9.17) is 62.4 Å². The van der Waals surface area contributed by atoms with Crippen LogP contribution in [0.25, 0.3) is 0 Å². The fraction of sp³-hybridized carbons (Fsp3) is 0.231. The Morgan fingerprint density at radius 2 is 1.10 bits per heavy atom. The van der Waals surface area contributed by atoms with Gasteiger partial charge in [0.05, 0.1) is 28.9 Å². The maximum atomic E-state index is 10.6. The second kappa shape index (κ2) is 35.0. The molecule has 0 bridgehead atoms. The Morgan fingerprint density at radius 1 is 0.507 bits per heavy atom. The summed E-state index contributed by atoms with van der Waals surface area (Å²) in [4.78, 5) is 29.7. The molecule has 0 unspecified atom stereocenters. The number of aromatic nitrogens is 10. The third-order valence-electron chi connectivity index (χ3n) is 9.03. The van der Waals surface area contributed by atoms with Gasteiger partial charge in [0.1, 0.15) is 16.3 Å². The maximum absolute atomic E-state index is 10.6. The zero-order valence-electron chi connectivity index (χ0n) is 41.1. The molecule has 8 aromatic heterocycles. The molecule has 8 heterocycles. The van der Waals surface area contributed by atoms with E-state index in [-0.39, 0.29) is 0 Å². The van der Waals surface area contributed by atoms with Crippen LogP contribution in [0.3, 0.4) is 0 Å². The van der Waals surface area contributed by atoms with E-state index in [9.17, 15) is 5.21 Å². The number of imidazole rings is 2. The van der Waals surface area contributed by atoms with Crippen LogP contribution in [0.5, 0.6) is 0 Å². The molecule has 366 valence electrons. The summed E-state index contributed by atoms with van der Waals surface area (Å²) in [6, 6.07) is 13.8. The second-order valence-electron chi connectivity index (χ2n) is 14.8. The summed E-state index contributed by atoms with van der Waals surface area (Å²) in [5.74, 6) is 0.718. The lowest BCUT2D eigenvalue weighted by molar-refractivity contribution is -0.605. The van der Waals surface area contributed by atoms with Gasteiger partial charge in [-0.15, -0.1) is 0 Å². The number of nitrogens with zero attached hydrogens (tertiary/aromatic N) is 9. The van der Waals surface area contributed by atoms with Crippen LogP contribution >= 0.6 is 58.0 Å². The maximum Gasteiger partial charge on any atom is 0.199 e. The minimum absolute atomic E-state index is 0.391. The lowest BCUT2D eigenvalue weighted by Crippen LogP contribution is -2.24. The summed E-state index contributed by atoms with van der Waals surface area (Å²) in [7, 11) is 1.94. The number of halogens is 5. The molecule has 12 nitrogen and oxygen atoms in total. The van der Waals surface area contributed by atoms with Crippen LogP contribution in [0.4, 0.5) is 0 Å². The summed E-state index contributed by atoms with van der Waals surface area (Å²) >= 11 is 28.4. The molecule has 1 N–H and O–H groups in total. The molecular weight excluding hydrogens is 974 g/mol. The van der Waals surface area contributed by atoms with Crippen molar-refractivity contribution in [1.29, 1.82) is 0 Å². The number of H-pyrrole nitrogens is 1. The van der Waals surface area contributed by atoms with Crippen molar-refractivity contribution in [3.8, 4) is 0 Å². The number of hydrogen-bond donors (Lipinski definition) is 1. The largest absolute Gasteiger partial charge is 0.619 e. The molecule has 0 aliphatic heterocycles. The van der Waals surface area contributed by atoms with E-state index < -0.39 is 0 Å². The number of benzene rings is 1. The van der Waals surface area contributed by atoms with Crippen LogP contribution in [-0.4, -0.2) is 44.4 Å². The van der Waals surface area contributed by atoms with E-state index in [1.165, 1.54) is 51.3 Å². The zero-order chi connectivity index (χ0) is 51.7. The molecule has 0 aliphatic carbocycles. The molecule has 9 rings (SSSR count). The Kier molecular flexibility index (Phi) is 30.9. The number of pyridine rings is 5. The highest BCUT2D eigenvalue weighted by Gasteiger charge is 2.05. The molecule has 0 saturated heterocycles. The molecule has 69 heavy (non-hydrogen) atoms. The van der Waals surface area contributed by atoms with Crippen molar-refractivity contribution < 1.29 is 9.15 Å². The van der Waals surface area contributed by atoms with Crippen LogP contribution in [0.15, 0.2) is 153 Å². The monoisotopic (exact) mass is 1030 g/mol. The van der Waals surface area contributed by atoms with Gasteiger partial charge in [-0.05, 0) is 144 Å². The summed E-state index contributed by atoms with van der Waals surface area (Å²) in [5.41, 5.74) is 11.5. The van der Waals surface area contributed by atoms with Crippen LogP contribution < -0.4 is 4.73 Å². The zero-order valence-corrected chi connectivity index (χ0v) is 44.9. The van der Waals surface area contributed by atoms with Crippen molar-refractivity contribution in [3.63, 3.8) is 0 Å². The highest BCUT2D eigenvalue weighted by molar-refractivity contribution is 6.36. The summed E-state index contributed by atoms with van der Waals surface area (Å²) < 4.78 is 7.19. The fourth-order valence-electron chi connectivity index (χ4n) is 4.35. The second-order valence-corrected chi connectivity index (χ2v) is 16.9. The first-order chi connectivity index (χ1) is 32.7. The van der Waals surface area contributed by atoms with Crippen molar-refractivity contribution in [2.45, 2.75) is 76.2 Å². The molecule has 0 spiro atoms. The molecular formula is C52H61Cl5N10O2. The van der Waals surface area contributed by atoms with Crippen molar-refractivity contribution in [3.05, 3.63) is 240 Å². The minimum Gasteiger partial charge on any atom is -0.619 e. The molecule has 9 aromatic rings. The lowest BCUT2D eigenvalue weighted by atomic mass is 10.1. The molecule has 0 saturated carbocycles. The number of nitrogens with one attached hydrogen (secondary N) is 1. The van der Waals surface area contributed by atoms with E-state index in [1.807, 2.05) is 107 Å². The Bertz CT molecular complexity index is 2390. The van der Waals surface area contributed by atoms with Crippen LogP contribution in [0.2, 0.25) is 25.1 Å². The van der Waals surface area contributed by atoms with Crippen LogP contribution in [-0.2, 0) is 7.05 Å². The molecule has 1 aromatic carbocycles. The lowest BCUT2D eigenvalue weighted by Gasteiger charge is -1.99. The quantitative estimate of drug-likeness (QED) is 0.116. The van der Waals surface area contributed by atoms with Gasteiger partial charge in [-0.1, -0.05) is 76.2 Å². The molecule has 0 atom stereocenters. The Balaban J connectivity index is 0.000000390. The van der Waals surface area contributed by atoms with Gasteiger partial charge in [0, 0.05) is 92.9 Å². The van der Waals surface area contributed by atoms with Gasteiger partial charge in [-0.3, -0.25) is 19.9 Å². The Labute approximate surface area is 432 Å². The predicted octanol–water partition coefficient (Wildman–Crippen LogP) is 14.5. The van der Waals surface area contributed by atoms with Gasteiger partial charge in [0.25, 0.3) is 0 Å². The topological polar surface area (TPSA) is 151 Å². The predicted molar refractivity (Wildman–Crippen MR) is 284 cm³/mol. The van der Waals surface area contributed by atoms with Gasteiger partial charge < -0.3 is 19.2 Å².